The van der Waals surface area contributed by atoms with E-state index >= 15 is 0 Å². The third-order valence-corrected chi connectivity index (χ3v) is 16.8. The molecule has 0 radical (unpaired) electrons. The van der Waals surface area contributed by atoms with Crippen LogP contribution in [0.5, 0.6) is 0 Å². The SMILES string of the molecule is C=C1CC(C(C)C)C(NC(=C)C(C)(O)C2(O)CCC(CC(C)C)C(C)C2)C(=C)C2NCCCC2C(=C)C(O)C(C)C(=C)N(C)C(Cc2ccccc2)C(=C)C2NCCCC2C(=C)NC1CO. The molecule has 1 saturated carbocycles. The van der Waals surface area contributed by atoms with Gasteiger partial charge in [-0.15, -0.1) is 0 Å². The molecule has 3 aliphatic heterocycles. The predicted octanol–water partition coefficient (Wildman–Crippen LogP) is 8.58. The summed E-state index contributed by atoms with van der Waals surface area (Å²) in [7, 11) is 2.07. The topological polar surface area (TPSA) is 132 Å². The molecular weight excluding hydrogens is 819 g/mol. The van der Waals surface area contributed by atoms with E-state index in [4.69, 9.17) is 13.2 Å². The van der Waals surface area contributed by atoms with Gasteiger partial charge in [0, 0.05) is 54.0 Å². The van der Waals surface area contributed by atoms with Gasteiger partial charge in [0.05, 0.1) is 36.4 Å². The molecule has 4 aliphatic rings. The summed E-state index contributed by atoms with van der Waals surface area (Å²) in [6.45, 7) is 49.1. The first-order valence-electron chi connectivity index (χ1n) is 25.3. The van der Waals surface area contributed by atoms with Gasteiger partial charge in [-0.1, -0.05) is 123 Å². The number of rotatable bonds is 10. The molecule has 9 nitrogen and oxygen atoms in total. The molecule has 1 aromatic rings. The van der Waals surface area contributed by atoms with E-state index in [0.717, 1.165) is 85.3 Å². The monoisotopic (exact) mass is 910 g/mol. The average molecular weight is 910 g/mol. The fraction of sp³-hybridized carbons (Fsp3) is 0.649. The lowest BCUT2D eigenvalue weighted by atomic mass is 9.64. The lowest BCUT2D eigenvalue weighted by Crippen LogP contribution is -2.60. The third kappa shape index (κ3) is 11.9. The van der Waals surface area contributed by atoms with Crippen LogP contribution in [0.3, 0.4) is 0 Å². The van der Waals surface area contributed by atoms with Crippen molar-refractivity contribution in [3.63, 3.8) is 0 Å². The van der Waals surface area contributed by atoms with Gasteiger partial charge in [-0.05, 0) is 136 Å². The Morgan fingerprint density at radius 3 is 2.09 bits per heavy atom. The number of hydrogen-bond acceptors (Lipinski definition) is 9. The number of benzene rings is 1. The Morgan fingerprint density at radius 2 is 1.52 bits per heavy atom. The molecule has 8 N–H and O–H groups in total. The number of nitrogens with one attached hydrogen (secondary N) is 4. The minimum atomic E-state index is -1.66. The number of piperidine rings is 2. The summed E-state index contributed by atoms with van der Waals surface area (Å²) in [6.07, 6.45) is 6.79. The molecule has 14 atom stereocenters. The first kappa shape index (κ1) is 53.5. The Bertz CT molecular complexity index is 1890. The van der Waals surface area contributed by atoms with Gasteiger partial charge in [-0.25, -0.2) is 0 Å². The molecule has 3 heterocycles. The van der Waals surface area contributed by atoms with Crippen LogP contribution in [0.4, 0.5) is 0 Å². The number of aliphatic hydroxyl groups excluding tert-OH is 2. The minimum Gasteiger partial charge on any atom is -0.394 e. The second-order valence-corrected chi connectivity index (χ2v) is 22.1. The molecule has 3 saturated heterocycles. The van der Waals surface area contributed by atoms with Crippen molar-refractivity contribution in [1.29, 1.82) is 0 Å². The van der Waals surface area contributed by atoms with E-state index in [1.807, 2.05) is 13.0 Å². The van der Waals surface area contributed by atoms with E-state index in [2.05, 4.69) is 125 Å². The van der Waals surface area contributed by atoms with Crippen molar-refractivity contribution >= 4 is 0 Å². The Hall–Kier alpha value is -3.44. The van der Waals surface area contributed by atoms with Gasteiger partial charge in [-0.2, -0.15) is 0 Å². The van der Waals surface area contributed by atoms with E-state index < -0.39 is 29.4 Å². The second kappa shape index (κ2) is 22.8. The quantitative estimate of drug-likeness (QED) is 0.109. The number of hydrogen-bond donors (Lipinski definition) is 8. The highest BCUT2D eigenvalue weighted by Gasteiger charge is 2.52. The maximum atomic E-state index is 12.6. The van der Waals surface area contributed by atoms with Crippen molar-refractivity contribution in [3.8, 4) is 0 Å². The highest BCUT2D eigenvalue weighted by Crippen LogP contribution is 2.47. The first-order chi connectivity index (χ1) is 31.0. The molecule has 0 amide bonds. The molecule has 1 aliphatic carbocycles. The van der Waals surface area contributed by atoms with Crippen LogP contribution in [0.25, 0.3) is 0 Å². The smallest absolute Gasteiger partial charge is 0.129 e. The zero-order valence-corrected chi connectivity index (χ0v) is 42.3. The maximum absolute atomic E-state index is 12.6. The van der Waals surface area contributed by atoms with Crippen LogP contribution in [0.15, 0.2) is 116 Å². The molecule has 0 bridgehead atoms. The van der Waals surface area contributed by atoms with Crippen molar-refractivity contribution < 1.29 is 20.4 Å². The predicted molar refractivity (Wildman–Crippen MR) is 275 cm³/mol. The largest absolute Gasteiger partial charge is 0.394 e. The van der Waals surface area contributed by atoms with Gasteiger partial charge in [-0.3, -0.25) is 0 Å². The summed E-state index contributed by atoms with van der Waals surface area (Å²) < 4.78 is 0. The van der Waals surface area contributed by atoms with Crippen molar-refractivity contribution in [2.45, 2.75) is 160 Å². The molecule has 368 valence electrons. The van der Waals surface area contributed by atoms with Crippen LogP contribution in [-0.4, -0.2) is 99.6 Å². The molecule has 5 rings (SSSR count). The van der Waals surface area contributed by atoms with Gasteiger partial charge in [0.15, 0.2) is 0 Å². The van der Waals surface area contributed by atoms with E-state index in [1.165, 1.54) is 5.56 Å². The van der Waals surface area contributed by atoms with Crippen molar-refractivity contribution in [1.82, 2.24) is 26.2 Å². The normalized spacial score (nSPS) is 35.8. The summed E-state index contributed by atoms with van der Waals surface area (Å²) in [5.74, 6) is 0.716. The molecule has 66 heavy (non-hydrogen) atoms. The Kier molecular flexibility index (Phi) is 18.5. The van der Waals surface area contributed by atoms with Crippen LogP contribution in [0.2, 0.25) is 0 Å². The van der Waals surface area contributed by atoms with Gasteiger partial charge in [0.2, 0.25) is 0 Å². The van der Waals surface area contributed by atoms with E-state index in [0.29, 0.717) is 43.2 Å². The summed E-state index contributed by atoms with van der Waals surface area (Å²) in [4.78, 5) is 2.21. The fourth-order valence-corrected chi connectivity index (χ4v) is 12.1. The zero-order valence-electron chi connectivity index (χ0n) is 42.3. The molecule has 0 aromatic heterocycles. The van der Waals surface area contributed by atoms with Crippen molar-refractivity contribution in [2.75, 3.05) is 26.7 Å². The summed E-state index contributed by atoms with van der Waals surface area (Å²) in [5.41, 5.74) is 3.58. The van der Waals surface area contributed by atoms with Crippen LogP contribution < -0.4 is 21.3 Å². The fourth-order valence-electron chi connectivity index (χ4n) is 12.1. The van der Waals surface area contributed by atoms with E-state index in [-0.39, 0.29) is 60.2 Å². The van der Waals surface area contributed by atoms with Crippen LogP contribution >= 0.6 is 0 Å². The van der Waals surface area contributed by atoms with E-state index in [1.54, 1.807) is 6.92 Å². The number of fused-ring (bicyclic) bond motifs is 2. The average Bonchev–Trinajstić information content (AvgIpc) is 3.29. The minimum absolute atomic E-state index is 0.0123. The zero-order chi connectivity index (χ0) is 48.8. The molecule has 1 aromatic carbocycles. The van der Waals surface area contributed by atoms with Gasteiger partial charge >= 0.3 is 0 Å². The molecular formula is C57H91N5O4. The standard InChI is InChI=1S/C57H91N5O4/c1-34(2)29-46-25-26-57(66,32-37(46)6)56(14,65)44(13)61-54-41(10)53-47(23-19-27-59-53)39(8)55(64)38(7)43(12)62(15)51(31-45-21-17-16-18-22-45)40(9)52-48(24-20-28-58-52)42(11)60-50(33-63)36(5)30-49(54)35(3)4/h16-18,21-22,34-35,37-38,46-55,58-61,63-66H,5,8-13,19-20,23-33H2,1-4,6-7,14-15H3. The highest BCUT2D eigenvalue weighted by molar-refractivity contribution is 5.32. The molecule has 9 heteroatoms. The van der Waals surface area contributed by atoms with Gasteiger partial charge in [0.25, 0.3) is 0 Å². The van der Waals surface area contributed by atoms with Crippen LogP contribution in [0.1, 0.15) is 112 Å². The van der Waals surface area contributed by atoms with E-state index in [9.17, 15) is 20.4 Å². The lowest BCUT2D eigenvalue weighted by molar-refractivity contribution is -0.157. The second-order valence-electron chi connectivity index (χ2n) is 22.1. The number of likely N-dealkylation sites (N-methyl/N-ethyl adjacent to an activating group) is 1. The first-order valence-corrected chi connectivity index (χ1v) is 25.3. The van der Waals surface area contributed by atoms with Crippen LogP contribution in [-0.2, 0) is 6.42 Å². The molecule has 0 spiro atoms. The van der Waals surface area contributed by atoms with Crippen molar-refractivity contribution in [2.24, 2.45) is 47.3 Å². The van der Waals surface area contributed by atoms with Crippen molar-refractivity contribution in [3.05, 3.63) is 121 Å². The lowest BCUT2D eigenvalue weighted by Gasteiger charge is -2.50. The number of aliphatic hydroxyl groups is 4. The number of nitrogens with zero attached hydrogens (tertiary/aromatic N) is 1. The Balaban J connectivity index is 1.58. The van der Waals surface area contributed by atoms with Crippen LogP contribution in [0, 0.1) is 47.3 Å². The maximum Gasteiger partial charge on any atom is 0.129 e. The molecule has 4 fully saturated rings. The molecule has 14 unspecified atom stereocenters. The summed E-state index contributed by atoms with van der Waals surface area (Å²) in [6, 6.07) is 9.01. The highest BCUT2D eigenvalue weighted by atomic mass is 16.4. The Labute approximate surface area is 400 Å². The van der Waals surface area contributed by atoms with Gasteiger partial charge in [0.1, 0.15) is 5.60 Å². The summed E-state index contributed by atoms with van der Waals surface area (Å²) >= 11 is 0. The van der Waals surface area contributed by atoms with Gasteiger partial charge < -0.3 is 46.6 Å². The third-order valence-electron chi connectivity index (χ3n) is 16.8. The Morgan fingerprint density at radius 1 is 0.909 bits per heavy atom. The summed E-state index contributed by atoms with van der Waals surface area (Å²) in [5, 5.41) is 63.5.